The van der Waals surface area contributed by atoms with E-state index in [1.807, 2.05) is 6.08 Å². The number of allylic oxidation sites excluding steroid dienone is 1. The number of aliphatic hydroxyl groups is 1. The molecule has 1 N–H and O–H groups in total. The number of nitrogens with zero attached hydrogens (tertiary/aromatic N) is 1. The molecular formula is C12H19NO2. The molecule has 0 spiro atoms. The van der Waals surface area contributed by atoms with E-state index in [-0.39, 0.29) is 5.91 Å². The van der Waals surface area contributed by atoms with Crippen molar-refractivity contribution in [2.75, 3.05) is 6.54 Å². The Morgan fingerprint density at radius 2 is 2.27 bits per heavy atom. The average molecular weight is 209 g/mol. The molecule has 0 aromatic carbocycles. The maximum Gasteiger partial charge on any atom is 0.248 e. The summed E-state index contributed by atoms with van der Waals surface area (Å²) in [6.45, 7) is 5.91. The van der Waals surface area contributed by atoms with Crippen molar-refractivity contribution in [2.45, 2.75) is 38.3 Å². The molecule has 1 heterocycles. The second-order valence-corrected chi connectivity index (χ2v) is 4.06. The Hall–Kier alpha value is -1.09. The summed E-state index contributed by atoms with van der Waals surface area (Å²) in [6, 6.07) is 0. The predicted octanol–water partition coefficient (Wildman–Crippen LogP) is 1.84. The smallest absolute Gasteiger partial charge is 0.248 e. The highest BCUT2D eigenvalue weighted by Crippen LogP contribution is 2.21. The Balaban J connectivity index is 2.26. The van der Waals surface area contributed by atoms with Crippen molar-refractivity contribution in [1.29, 1.82) is 0 Å². The Kier molecular flexibility index (Phi) is 4.09. The molecule has 0 aromatic heterocycles. The average Bonchev–Trinajstić information content (AvgIpc) is 2.43. The van der Waals surface area contributed by atoms with Crippen molar-refractivity contribution in [3.05, 3.63) is 24.8 Å². The maximum atomic E-state index is 11.4. The Morgan fingerprint density at radius 3 is 2.80 bits per heavy atom. The highest BCUT2D eigenvalue weighted by molar-refractivity contribution is 5.91. The van der Waals surface area contributed by atoms with Crippen LogP contribution in [0.25, 0.3) is 0 Å². The van der Waals surface area contributed by atoms with Crippen molar-refractivity contribution in [3.63, 3.8) is 0 Å². The quantitative estimate of drug-likeness (QED) is 0.535. The van der Waals surface area contributed by atoms with Crippen molar-refractivity contribution in [3.8, 4) is 0 Å². The number of hydrogen-bond acceptors (Lipinski definition) is 2. The lowest BCUT2D eigenvalue weighted by molar-refractivity contribution is -0.139. The van der Waals surface area contributed by atoms with Crippen LogP contribution in [0.4, 0.5) is 0 Å². The number of rotatable bonds is 6. The number of hydrogen-bond donors (Lipinski definition) is 1. The van der Waals surface area contributed by atoms with Crippen LogP contribution in [0.5, 0.6) is 0 Å². The van der Waals surface area contributed by atoms with Gasteiger partial charge >= 0.3 is 0 Å². The third kappa shape index (κ3) is 3.20. The first kappa shape index (κ1) is 12.0. The van der Waals surface area contributed by atoms with Crippen LogP contribution in [0.1, 0.15) is 32.6 Å². The van der Waals surface area contributed by atoms with E-state index in [1.165, 1.54) is 11.0 Å². The Bertz CT molecular complexity index is 269. The number of unbranched alkanes of at least 4 members (excludes halogenated alkanes) is 3. The van der Waals surface area contributed by atoms with Gasteiger partial charge in [0.25, 0.3) is 0 Å². The Labute approximate surface area is 91.1 Å². The molecule has 1 amide bonds. The second kappa shape index (κ2) is 5.12. The zero-order valence-electron chi connectivity index (χ0n) is 9.28. The largest absolute Gasteiger partial charge is 0.367 e. The zero-order chi connectivity index (χ0) is 11.3. The highest BCUT2D eigenvalue weighted by atomic mass is 16.3. The number of carbonyl (C=O) groups excluding carboxylic acids is 1. The summed E-state index contributed by atoms with van der Waals surface area (Å²) in [6.07, 6.45) is 8.98. The van der Waals surface area contributed by atoms with Gasteiger partial charge in [0.15, 0.2) is 5.72 Å². The maximum absolute atomic E-state index is 11.4. The van der Waals surface area contributed by atoms with E-state index in [0.29, 0.717) is 6.54 Å². The van der Waals surface area contributed by atoms with E-state index >= 15 is 0 Å². The summed E-state index contributed by atoms with van der Waals surface area (Å²) < 4.78 is 0. The van der Waals surface area contributed by atoms with Gasteiger partial charge < -0.3 is 10.0 Å². The molecule has 0 aromatic rings. The van der Waals surface area contributed by atoms with Gasteiger partial charge in [-0.2, -0.15) is 0 Å². The van der Waals surface area contributed by atoms with E-state index in [4.69, 9.17) is 0 Å². The highest BCUT2D eigenvalue weighted by Gasteiger charge is 2.33. The van der Waals surface area contributed by atoms with Gasteiger partial charge in [0, 0.05) is 12.6 Å². The van der Waals surface area contributed by atoms with Crippen LogP contribution in [0.15, 0.2) is 24.8 Å². The molecule has 0 saturated heterocycles. The first-order chi connectivity index (χ1) is 7.08. The van der Waals surface area contributed by atoms with Crippen molar-refractivity contribution < 1.29 is 9.90 Å². The zero-order valence-corrected chi connectivity index (χ0v) is 9.28. The van der Waals surface area contributed by atoms with Gasteiger partial charge in [-0.1, -0.05) is 12.5 Å². The molecule has 15 heavy (non-hydrogen) atoms. The van der Waals surface area contributed by atoms with Gasteiger partial charge in [-0.05, 0) is 32.3 Å². The van der Waals surface area contributed by atoms with E-state index < -0.39 is 5.72 Å². The van der Waals surface area contributed by atoms with Crippen LogP contribution < -0.4 is 0 Å². The molecule has 1 rings (SSSR count). The fourth-order valence-corrected chi connectivity index (χ4v) is 1.70. The summed E-state index contributed by atoms with van der Waals surface area (Å²) >= 11 is 0. The minimum atomic E-state index is -1.09. The lowest BCUT2D eigenvalue weighted by Gasteiger charge is -2.29. The lowest BCUT2D eigenvalue weighted by Crippen LogP contribution is -2.44. The molecular weight excluding hydrogens is 190 g/mol. The van der Waals surface area contributed by atoms with Gasteiger partial charge in [-0.15, -0.1) is 6.58 Å². The van der Waals surface area contributed by atoms with Crippen molar-refractivity contribution >= 4 is 5.91 Å². The van der Waals surface area contributed by atoms with Gasteiger partial charge in [-0.3, -0.25) is 4.79 Å². The molecule has 0 fully saturated rings. The molecule has 1 aliphatic rings. The van der Waals surface area contributed by atoms with E-state index in [0.717, 1.165) is 25.7 Å². The molecule has 3 nitrogen and oxygen atoms in total. The standard InChI is InChI=1S/C12H19NO2/c1-3-4-5-6-7-10-13-11(14)8-9-12(13,2)15/h3,8-9,15H,1,4-7,10H2,2H3. The molecule has 84 valence electrons. The molecule has 1 unspecified atom stereocenters. The summed E-state index contributed by atoms with van der Waals surface area (Å²) in [5.41, 5.74) is -1.09. The van der Waals surface area contributed by atoms with E-state index in [1.54, 1.807) is 13.0 Å². The minimum Gasteiger partial charge on any atom is -0.367 e. The van der Waals surface area contributed by atoms with Crippen molar-refractivity contribution in [1.82, 2.24) is 4.90 Å². The first-order valence-electron chi connectivity index (χ1n) is 5.42. The second-order valence-electron chi connectivity index (χ2n) is 4.06. The van der Waals surface area contributed by atoms with Crippen LogP contribution in [-0.4, -0.2) is 28.2 Å². The topological polar surface area (TPSA) is 40.5 Å². The van der Waals surface area contributed by atoms with Gasteiger partial charge in [0.1, 0.15) is 0 Å². The van der Waals surface area contributed by atoms with Crippen LogP contribution in [0.3, 0.4) is 0 Å². The van der Waals surface area contributed by atoms with E-state index in [2.05, 4.69) is 6.58 Å². The summed E-state index contributed by atoms with van der Waals surface area (Å²) in [5.74, 6) is -0.0938. The first-order valence-corrected chi connectivity index (χ1v) is 5.42. The number of amides is 1. The molecule has 1 atom stereocenters. The third-order valence-electron chi connectivity index (χ3n) is 2.64. The molecule has 0 radical (unpaired) electrons. The monoisotopic (exact) mass is 209 g/mol. The molecule has 0 aliphatic carbocycles. The lowest BCUT2D eigenvalue weighted by atomic mass is 10.1. The van der Waals surface area contributed by atoms with Crippen LogP contribution in [0.2, 0.25) is 0 Å². The Morgan fingerprint density at radius 1 is 1.53 bits per heavy atom. The SMILES string of the molecule is C=CCCCCCN1C(=O)C=CC1(C)O. The van der Waals surface area contributed by atoms with Gasteiger partial charge in [-0.25, -0.2) is 0 Å². The van der Waals surface area contributed by atoms with E-state index in [9.17, 15) is 9.90 Å². The minimum absolute atomic E-state index is 0.0938. The van der Waals surface area contributed by atoms with Crippen molar-refractivity contribution in [2.24, 2.45) is 0 Å². The molecule has 0 saturated carbocycles. The van der Waals surface area contributed by atoms with Crippen LogP contribution >= 0.6 is 0 Å². The molecule has 3 heteroatoms. The summed E-state index contributed by atoms with van der Waals surface area (Å²) in [5, 5.41) is 9.83. The molecule has 1 aliphatic heterocycles. The normalized spacial score (nSPS) is 24.9. The summed E-state index contributed by atoms with van der Waals surface area (Å²) in [7, 11) is 0. The summed E-state index contributed by atoms with van der Waals surface area (Å²) in [4.78, 5) is 12.9. The van der Waals surface area contributed by atoms with Crippen LogP contribution in [-0.2, 0) is 4.79 Å². The molecule has 0 bridgehead atoms. The predicted molar refractivity (Wildman–Crippen MR) is 60.1 cm³/mol. The van der Waals surface area contributed by atoms with Gasteiger partial charge in [0.05, 0.1) is 0 Å². The fourth-order valence-electron chi connectivity index (χ4n) is 1.70. The van der Waals surface area contributed by atoms with Crippen LogP contribution in [0, 0.1) is 0 Å². The third-order valence-corrected chi connectivity index (χ3v) is 2.64. The number of carbonyl (C=O) groups is 1. The fraction of sp³-hybridized carbons (Fsp3) is 0.583. The van der Waals surface area contributed by atoms with Gasteiger partial charge in [0.2, 0.25) is 5.91 Å².